The number of rotatable bonds is 9. The monoisotopic (exact) mass is 426 g/mol. The van der Waals surface area contributed by atoms with Crippen LogP contribution in [-0.2, 0) is 14.3 Å². The fourth-order valence-electron chi connectivity index (χ4n) is 2.09. The number of benzene rings is 2. The van der Waals surface area contributed by atoms with Gasteiger partial charge in [0.25, 0.3) is 0 Å². The maximum Gasteiger partial charge on any atom is 0.352 e. The van der Waals surface area contributed by atoms with Crippen molar-refractivity contribution in [2.45, 2.75) is 20.0 Å². The predicted octanol–water partition coefficient (Wildman–Crippen LogP) is 4.56. The molecular weight excluding hydrogens is 407 g/mol. The molecular formula is C20H20Cl2O6. The Morgan fingerprint density at radius 3 is 2.39 bits per heavy atom. The minimum Gasteiger partial charge on any atom is -0.477 e. The molecule has 150 valence electrons. The van der Waals surface area contributed by atoms with E-state index in [1.54, 1.807) is 12.1 Å². The van der Waals surface area contributed by atoms with Gasteiger partial charge in [0.05, 0.1) is 17.2 Å². The van der Waals surface area contributed by atoms with Crippen LogP contribution >= 0.6 is 23.2 Å². The molecule has 0 aliphatic carbocycles. The first kappa shape index (κ1) is 22.0. The van der Waals surface area contributed by atoms with Crippen LogP contribution in [0.4, 0.5) is 0 Å². The molecule has 0 radical (unpaired) electrons. The standard InChI is InChI=1S/C20H20Cl2O6/c1-3-25-10-11-26-20(24)14-4-7-16(8-5-14)28-19(23)13(2)27-18-9-6-15(21)12-17(18)22/h4-9,12-13H,3,10-11H2,1-2H3. The third kappa shape index (κ3) is 6.71. The zero-order valence-electron chi connectivity index (χ0n) is 15.4. The normalized spacial score (nSPS) is 11.6. The largest absolute Gasteiger partial charge is 0.477 e. The molecule has 2 aromatic carbocycles. The highest BCUT2D eigenvalue weighted by atomic mass is 35.5. The van der Waals surface area contributed by atoms with Crippen molar-refractivity contribution in [1.29, 1.82) is 0 Å². The van der Waals surface area contributed by atoms with Crippen LogP contribution < -0.4 is 9.47 Å². The molecule has 0 aromatic heterocycles. The maximum absolute atomic E-state index is 12.2. The summed E-state index contributed by atoms with van der Waals surface area (Å²) in [5.41, 5.74) is 0.341. The second-order valence-electron chi connectivity index (χ2n) is 5.61. The molecule has 2 aromatic rings. The quantitative estimate of drug-likeness (QED) is 0.332. The minimum absolute atomic E-state index is 0.172. The van der Waals surface area contributed by atoms with Crippen LogP contribution in [0.1, 0.15) is 24.2 Å². The number of hydrogen-bond donors (Lipinski definition) is 0. The number of halogens is 2. The van der Waals surface area contributed by atoms with Gasteiger partial charge >= 0.3 is 11.9 Å². The van der Waals surface area contributed by atoms with E-state index >= 15 is 0 Å². The van der Waals surface area contributed by atoms with E-state index in [9.17, 15) is 9.59 Å². The Morgan fingerprint density at radius 2 is 1.75 bits per heavy atom. The summed E-state index contributed by atoms with van der Waals surface area (Å²) in [4.78, 5) is 24.1. The van der Waals surface area contributed by atoms with E-state index in [0.717, 1.165) is 0 Å². The van der Waals surface area contributed by atoms with Crippen molar-refractivity contribution in [3.63, 3.8) is 0 Å². The Morgan fingerprint density at radius 1 is 1.04 bits per heavy atom. The number of esters is 2. The van der Waals surface area contributed by atoms with E-state index in [-0.39, 0.29) is 12.4 Å². The zero-order valence-corrected chi connectivity index (χ0v) is 17.0. The molecule has 8 heteroatoms. The molecule has 0 fully saturated rings. The van der Waals surface area contributed by atoms with Crippen LogP contribution in [-0.4, -0.2) is 37.9 Å². The first-order valence-electron chi connectivity index (χ1n) is 8.59. The van der Waals surface area contributed by atoms with Crippen LogP contribution in [0.2, 0.25) is 10.0 Å². The molecule has 0 spiro atoms. The van der Waals surface area contributed by atoms with Crippen LogP contribution in [0, 0.1) is 0 Å². The summed E-state index contributed by atoms with van der Waals surface area (Å²) in [6, 6.07) is 10.7. The molecule has 0 saturated heterocycles. The number of ether oxygens (including phenoxy) is 4. The molecule has 0 aliphatic rings. The smallest absolute Gasteiger partial charge is 0.352 e. The van der Waals surface area contributed by atoms with Gasteiger partial charge in [-0.1, -0.05) is 23.2 Å². The van der Waals surface area contributed by atoms with E-state index in [4.69, 9.17) is 42.1 Å². The highest BCUT2D eigenvalue weighted by molar-refractivity contribution is 6.35. The van der Waals surface area contributed by atoms with E-state index in [1.807, 2.05) is 6.92 Å². The molecule has 1 unspecified atom stereocenters. The van der Waals surface area contributed by atoms with Gasteiger partial charge in [-0.15, -0.1) is 0 Å². The summed E-state index contributed by atoms with van der Waals surface area (Å²) >= 11 is 11.9. The Balaban J connectivity index is 1.88. The first-order chi connectivity index (χ1) is 13.4. The summed E-state index contributed by atoms with van der Waals surface area (Å²) in [6.45, 7) is 4.47. The first-order valence-corrected chi connectivity index (χ1v) is 9.34. The average molecular weight is 427 g/mol. The second-order valence-corrected chi connectivity index (χ2v) is 6.46. The number of hydrogen-bond acceptors (Lipinski definition) is 6. The van der Waals surface area contributed by atoms with E-state index in [0.29, 0.717) is 34.6 Å². The van der Waals surface area contributed by atoms with Crippen LogP contribution in [0.3, 0.4) is 0 Å². The number of carbonyl (C=O) groups excluding carboxylic acids is 2. The van der Waals surface area contributed by atoms with Gasteiger partial charge in [0.2, 0.25) is 0 Å². The van der Waals surface area contributed by atoms with Crippen LogP contribution in [0.5, 0.6) is 11.5 Å². The predicted molar refractivity (Wildman–Crippen MR) is 105 cm³/mol. The summed E-state index contributed by atoms with van der Waals surface area (Å²) in [6.07, 6.45) is -0.901. The average Bonchev–Trinajstić information content (AvgIpc) is 2.67. The number of carbonyl (C=O) groups is 2. The minimum atomic E-state index is -0.901. The Bertz CT molecular complexity index is 807. The summed E-state index contributed by atoms with van der Waals surface area (Å²) < 4.78 is 20.9. The van der Waals surface area contributed by atoms with E-state index in [2.05, 4.69) is 0 Å². The Labute approximate surface area is 173 Å². The summed E-state index contributed by atoms with van der Waals surface area (Å²) in [7, 11) is 0. The van der Waals surface area contributed by atoms with E-state index in [1.165, 1.54) is 37.3 Å². The zero-order chi connectivity index (χ0) is 20.5. The lowest BCUT2D eigenvalue weighted by atomic mass is 10.2. The van der Waals surface area contributed by atoms with Gasteiger partial charge in [-0.25, -0.2) is 9.59 Å². The third-order valence-electron chi connectivity index (χ3n) is 3.50. The topological polar surface area (TPSA) is 71.1 Å². The fraction of sp³-hybridized carbons (Fsp3) is 0.300. The molecule has 0 N–H and O–H groups in total. The van der Waals surface area contributed by atoms with Crippen LogP contribution in [0.15, 0.2) is 42.5 Å². The van der Waals surface area contributed by atoms with Gasteiger partial charge in [0.1, 0.15) is 18.1 Å². The molecule has 2 rings (SSSR count). The second kappa shape index (κ2) is 10.9. The van der Waals surface area contributed by atoms with Crippen LogP contribution in [0.25, 0.3) is 0 Å². The van der Waals surface area contributed by atoms with Gasteiger partial charge in [0.15, 0.2) is 6.10 Å². The van der Waals surface area contributed by atoms with Gasteiger partial charge in [-0.2, -0.15) is 0 Å². The van der Waals surface area contributed by atoms with Crippen molar-refractivity contribution in [2.75, 3.05) is 19.8 Å². The fourth-order valence-corrected chi connectivity index (χ4v) is 2.54. The summed E-state index contributed by atoms with van der Waals surface area (Å²) in [5.74, 6) is -0.501. The van der Waals surface area contributed by atoms with Crippen molar-refractivity contribution in [3.8, 4) is 11.5 Å². The summed E-state index contributed by atoms with van der Waals surface area (Å²) in [5, 5.41) is 0.753. The van der Waals surface area contributed by atoms with Crippen molar-refractivity contribution < 1.29 is 28.5 Å². The van der Waals surface area contributed by atoms with Gasteiger partial charge in [-0.05, 0) is 56.3 Å². The Hall–Kier alpha value is -2.28. The SMILES string of the molecule is CCOCCOC(=O)c1ccc(OC(=O)C(C)Oc2ccc(Cl)cc2Cl)cc1. The molecule has 1 atom stereocenters. The lowest BCUT2D eigenvalue weighted by Gasteiger charge is -2.15. The van der Waals surface area contributed by atoms with Crippen molar-refractivity contribution in [1.82, 2.24) is 0 Å². The molecule has 0 saturated carbocycles. The van der Waals surface area contributed by atoms with Gasteiger partial charge in [0, 0.05) is 11.6 Å². The molecule has 0 aliphatic heterocycles. The molecule has 28 heavy (non-hydrogen) atoms. The van der Waals surface area contributed by atoms with Crippen molar-refractivity contribution in [2.24, 2.45) is 0 Å². The molecule has 0 amide bonds. The van der Waals surface area contributed by atoms with Crippen molar-refractivity contribution in [3.05, 3.63) is 58.1 Å². The lowest BCUT2D eigenvalue weighted by molar-refractivity contribution is -0.141. The van der Waals surface area contributed by atoms with E-state index < -0.39 is 18.0 Å². The maximum atomic E-state index is 12.2. The van der Waals surface area contributed by atoms with Crippen molar-refractivity contribution >= 4 is 35.1 Å². The molecule has 0 bridgehead atoms. The Kier molecular flexibility index (Phi) is 8.57. The lowest BCUT2D eigenvalue weighted by Crippen LogP contribution is -2.28. The highest BCUT2D eigenvalue weighted by Crippen LogP contribution is 2.28. The van der Waals surface area contributed by atoms with Gasteiger partial charge < -0.3 is 18.9 Å². The third-order valence-corrected chi connectivity index (χ3v) is 4.03. The highest BCUT2D eigenvalue weighted by Gasteiger charge is 2.19. The molecule has 0 heterocycles. The van der Waals surface area contributed by atoms with Gasteiger partial charge in [-0.3, -0.25) is 0 Å². The molecule has 6 nitrogen and oxygen atoms in total.